The van der Waals surface area contributed by atoms with Gasteiger partial charge in [0.05, 0.1) is 11.6 Å². The molecular formula is C15H20F2N2O. The van der Waals surface area contributed by atoms with Gasteiger partial charge in [-0.05, 0) is 50.2 Å². The van der Waals surface area contributed by atoms with Gasteiger partial charge in [0.25, 0.3) is 0 Å². The lowest BCUT2D eigenvalue weighted by atomic mass is 9.69. The molecule has 3 rings (SSSR count). The van der Waals surface area contributed by atoms with Crippen molar-refractivity contribution in [3.8, 4) is 0 Å². The molecule has 0 radical (unpaired) electrons. The van der Waals surface area contributed by atoms with Crippen LogP contribution in [-0.4, -0.2) is 12.2 Å². The third-order valence-electron chi connectivity index (χ3n) is 4.76. The number of rotatable bonds is 3. The monoisotopic (exact) mass is 282 g/mol. The van der Waals surface area contributed by atoms with E-state index in [0.29, 0.717) is 6.61 Å². The lowest BCUT2D eigenvalue weighted by Gasteiger charge is -2.48. The first-order valence-electron chi connectivity index (χ1n) is 7.19. The number of benzene rings is 1. The lowest BCUT2D eigenvalue weighted by molar-refractivity contribution is -0.147. The van der Waals surface area contributed by atoms with E-state index in [9.17, 15) is 8.78 Å². The molecule has 5 heteroatoms. The van der Waals surface area contributed by atoms with Crippen LogP contribution < -0.4 is 11.3 Å². The van der Waals surface area contributed by atoms with Gasteiger partial charge in [-0.25, -0.2) is 8.78 Å². The Bertz CT molecular complexity index is 471. The molecule has 20 heavy (non-hydrogen) atoms. The Morgan fingerprint density at radius 3 is 2.55 bits per heavy atom. The summed E-state index contributed by atoms with van der Waals surface area (Å²) in [7, 11) is 0. The summed E-state index contributed by atoms with van der Waals surface area (Å²) in [5.74, 6) is 4.62. The van der Waals surface area contributed by atoms with Crippen LogP contribution in [0.4, 0.5) is 8.78 Å². The quantitative estimate of drug-likeness (QED) is 0.662. The second-order valence-electron chi connectivity index (χ2n) is 5.92. The molecule has 1 aromatic carbocycles. The Balaban J connectivity index is 1.86. The fourth-order valence-electron chi connectivity index (χ4n) is 3.53. The average molecular weight is 282 g/mol. The van der Waals surface area contributed by atoms with Crippen molar-refractivity contribution in [3.63, 3.8) is 0 Å². The smallest absolute Gasteiger partial charge is 0.130 e. The number of nitrogens with one attached hydrogen (secondary N) is 1. The molecule has 2 fully saturated rings. The van der Waals surface area contributed by atoms with Gasteiger partial charge in [-0.15, -0.1) is 0 Å². The van der Waals surface area contributed by atoms with Crippen LogP contribution in [-0.2, 0) is 4.74 Å². The molecule has 0 amide bonds. The summed E-state index contributed by atoms with van der Waals surface area (Å²) in [6, 6.07) is 3.43. The van der Waals surface area contributed by atoms with E-state index >= 15 is 0 Å². The first kappa shape index (κ1) is 13.9. The second-order valence-corrected chi connectivity index (χ2v) is 5.92. The average Bonchev–Trinajstić information content (AvgIpc) is 2.41. The Kier molecular flexibility index (Phi) is 3.75. The summed E-state index contributed by atoms with van der Waals surface area (Å²) in [6.45, 7) is 0.638. The number of halogens is 2. The van der Waals surface area contributed by atoms with E-state index in [1.165, 1.54) is 24.6 Å². The maximum atomic E-state index is 14.0. The van der Waals surface area contributed by atoms with Crippen molar-refractivity contribution in [1.82, 2.24) is 5.43 Å². The topological polar surface area (TPSA) is 47.3 Å². The Morgan fingerprint density at radius 2 is 2.00 bits per heavy atom. The molecule has 3 N–H and O–H groups in total. The van der Waals surface area contributed by atoms with Crippen LogP contribution in [0.3, 0.4) is 0 Å². The number of hydrogen-bond acceptors (Lipinski definition) is 3. The lowest BCUT2D eigenvalue weighted by Crippen LogP contribution is -2.49. The van der Waals surface area contributed by atoms with Gasteiger partial charge in [0.2, 0.25) is 0 Å². The zero-order chi connectivity index (χ0) is 14.2. The molecule has 1 heterocycles. The van der Waals surface area contributed by atoms with Gasteiger partial charge in [0.15, 0.2) is 0 Å². The minimum atomic E-state index is -0.540. The van der Waals surface area contributed by atoms with Crippen LogP contribution in [0.5, 0.6) is 0 Å². The van der Waals surface area contributed by atoms with Crippen molar-refractivity contribution in [2.24, 2.45) is 11.8 Å². The standard InChI is InChI=1S/C15H20F2N2O/c16-11-3-1-4-12(17)13(11)14(19-18)10-5-8-20-15(9-10)6-2-7-15/h1,3-4,10,14,19H,2,5-9,18H2. The minimum Gasteiger partial charge on any atom is -0.375 e. The Hall–Kier alpha value is -1.04. The van der Waals surface area contributed by atoms with Crippen molar-refractivity contribution < 1.29 is 13.5 Å². The summed E-state index contributed by atoms with van der Waals surface area (Å²) in [5.41, 5.74) is 2.60. The molecule has 1 saturated carbocycles. The second kappa shape index (κ2) is 5.39. The van der Waals surface area contributed by atoms with Crippen LogP contribution in [0, 0.1) is 17.6 Å². The molecule has 0 aromatic heterocycles. The number of hydrazine groups is 1. The first-order chi connectivity index (χ1) is 9.65. The molecule has 3 nitrogen and oxygen atoms in total. The van der Waals surface area contributed by atoms with Gasteiger partial charge >= 0.3 is 0 Å². The van der Waals surface area contributed by atoms with Crippen LogP contribution in [0.1, 0.15) is 43.7 Å². The SMILES string of the molecule is NNC(c1c(F)cccc1F)C1CCOC2(CCC2)C1. The first-order valence-corrected chi connectivity index (χ1v) is 7.19. The minimum absolute atomic E-state index is 0.0522. The van der Waals surface area contributed by atoms with Gasteiger partial charge in [0.1, 0.15) is 11.6 Å². The van der Waals surface area contributed by atoms with Crippen molar-refractivity contribution in [1.29, 1.82) is 0 Å². The fourth-order valence-corrected chi connectivity index (χ4v) is 3.53. The van der Waals surface area contributed by atoms with Gasteiger partial charge in [0, 0.05) is 12.2 Å². The molecule has 1 aromatic rings. The predicted molar refractivity (Wildman–Crippen MR) is 71.7 cm³/mol. The molecule has 2 atom stereocenters. The van der Waals surface area contributed by atoms with Crippen molar-refractivity contribution >= 4 is 0 Å². The van der Waals surface area contributed by atoms with Gasteiger partial charge in [-0.3, -0.25) is 11.3 Å². The third kappa shape index (κ3) is 2.34. The van der Waals surface area contributed by atoms with Gasteiger partial charge < -0.3 is 4.74 Å². The molecule has 0 bridgehead atoms. The maximum Gasteiger partial charge on any atom is 0.130 e. The summed E-state index contributed by atoms with van der Waals surface area (Å²) >= 11 is 0. The molecule has 1 aliphatic carbocycles. The predicted octanol–water partition coefficient (Wildman–Crippen LogP) is 2.82. The van der Waals surface area contributed by atoms with E-state index in [0.717, 1.165) is 25.7 Å². The largest absolute Gasteiger partial charge is 0.375 e. The zero-order valence-electron chi connectivity index (χ0n) is 11.4. The van der Waals surface area contributed by atoms with Crippen LogP contribution in [0.25, 0.3) is 0 Å². The highest BCUT2D eigenvalue weighted by atomic mass is 19.1. The third-order valence-corrected chi connectivity index (χ3v) is 4.76. The van der Waals surface area contributed by atoms with E-state index in [2.05, 4.69) is 5.43 Å². The number of nitrogens with two attached hydrogens (primary N) is 1. The van der Waals surface area contributed by atoms with Crippen molar-refractivity contribution in [3.05, 3.63) is 35.4 Å². The summed E-state index contributed by atoms with van der Waals surface area (Å²) in [5, 5.41) is 0. The van der Waals surface area contributed by atoms with E-state index in [4.69, 9.17) is 10.6 Å². The molecule has 2 aliphatic rings. The Labute approximate surface area is 117 Å². The van der Waals surface area contributed by atoms with Crippen LogP contribution >= 0.6 is 0 Å². The van der Waals surface area contributed by atoms with Crippen LogP contribution in [0.2, 0.25) is 0 Å². The molecule has 2 unspecified atom stereocenters. The van der Waals surface area contributed by atoms with Gasteiger partial charge in [-0.1, -0.05) is 6.07 Å². The van der Waals surface area contributed by atoms with Crippen LogP contribution in [0.15, 0.2) is 18.2 Å². The van der Waals surface area contributed by atoms with Crippen molar-refractivity contribution in [2.75, 3.05) is 6.61 Å². The zero-order valence-corrected chi connectivity index (χ0v) is 11.4. The summed E-state index contributed by atoms with van der Waals surface area (Å²) in [6.07, 6.45) is 4.84. The van der Waals surface area contributed by atoms with E-state index in [1.807, 2.05) is 0 Å². The highest BCUT2D eigenvalue weighted by Crippen LogP contribution is 2.47. The van der Waals surface area contributed by atoms with Gasteiger partial charge in [-0.2, -0.15) is 0 Å². The molecule has 1 aliphatic heterocycles. The van der Waals surface area contributed by atoms with E-state index in [-0.39, 0.29) is 17.1 Å². The summed E-state index contributed by atoms with van der Waals surface area (Å²) in [4.78, 5) is 0. The van der Waals surface area contributed by atoms with Crippen molar-refractivity contribution in [2.45, 2.75) is 43.7 Å². The number of ether oxygens (including phenoxy) is 1. The maximum absolute atomic E-state index is 14.0. The normalized spacial score (nSPS) is 26.2. The summed E-state index contributed by atoms with van der Waals surface area (Å²) < 4.78 is 33.8. The van der Waals surface area contributed by atoms with E-state index < -0.39 is 17.7 Å². The highest BCUT2D eigenvalue weighted by Gasteiger charge is 2.45. The molecule has 110 valence electrons. The number of hydrogen-bond donors (Lipinski definition) is 2. The highest BCUT2D eigenvalue weighted by molar-refractivity contribution is 5.24. The molecule has 1 spiro atoms. The Morgan fingerprint density at radius 1 is 1.30 bits per heavy atom. The molecule has 1 saturated heterocycles. The molecular weight excluding hydrogens is 262 g/mol. The van der Waals surface area contributed by atoms with E-state index in [1.54, 1.807) is 0 Å². The fraction of sp³-hybridized carbons (Fsp3) is 0.600.